The van der Waals surface area contributed by atoms with Gasteiger partial charge in [-0.25, -0.2) is 0 Å². The molecule has 21 heavy (non-hydrogen) atoms. The summed E-state index contributed by atoms with van der Waals surface area (Å²) in [5.74, 6) is 1.73. The topological polar surface area (TPSA) is 77.0 Å². The first-order valence-corrected chi connectivity index (χ1v) is 7.13. The van der Waals surface area contributed by atoms with Crippen LogP contribution in [0, 0.1) is 0 Å². The van der Waals surface area contributed by atoms with Gasteiger partial charge >= 0.3 is 0 Å². The van der Waals surface area contributed by atoms with Crippen LogP contribution < -0.4 is 5.73 Å². The van der Waals surface area contributed by atoms with Crippen LogP contribution in [0.4, 0.5) is 0 Å². The summed E-state index contributed by atoms with van der Waals surface area (Å²) >= 11 is 0. The van der Waals surface area contributed by atoms with E-state index in [9.17, 15) is 4.79 Å². The largest absolute Gasteiger partial charge is 0.337 e. The van der Waals surface area contributed by atoms with E-state index in [-0.39, 0.29) is 5.91 Å². The second kappa shape index (κ2) is 5.65. The van der Waals surface area contributed by atoms with Crippen molar-refractivity contribution in [1.29, 1.82) is 0 Å². The Labute approximate surface area is 123 Å². The molecule has 0 spiro atoms. The molecule has 0 aliphatic carbocycles. The van der Waals surface area contributed by atoms with Crippen LogP contribution in [-0.4, -0.2) is 32.6 Å². The zero-order valence-electron chi connectivity index (χ0n) is 12.1. The molecule has 2 aromatic rings. The normalized spacial score (nSPS) is 14.8. The molecule has 0 saturated heterocycles. The van der Waals surface area contributed by atoms with Crippen LogP contribution in [0.3, 0.4) is 0 Å². The van der Waals surface area contributed by atoms with Crippen molar-refractivity contribution in [2.24, 2.45) is 5.73 Å². The van der Waals surface area contributed by atoms with Crippen molar-refractivity contribution in [3.05, 3.63) is 47.5 Å². The third kappa shape index (κ3) is 2.67. The second-order valence-electron chi connectivity index (χ2n) is 5.37. The predicted octanol–water partition coefficient (Wildman–Crippen LogP) is 0.883. The molecule has 3 rings (SSSR count). The van der Waals surface area contributed by atoms with Crippen molar-refractivity contribution in [3.63, 3.8) is 0 Å². The lowest BCUT2D eigenvalue weighted by Crippen LogP contribution is -2.36. The zero-order chi connectivity index (χ0) is 14.8. The monoisotopic (exact) mass is 285 g/mol. The molecule has 1 aliphatic rings. The smallest absolute Gasteiger partial charge is 0.244 e. The summed E-state index contributed by atoms with van der Waals surface area (Å²) < 4.78 is 2.10. The van der Waals surface area contributed by atoms with E-state index in [1.807, 2.05) is 30.3 Å². The fraction of sp³-hybridized carbons (Fsp3) is 0.400. The molecule has 0 saturated carbocycles. The van der Waals surface area contributed by atoms with Gasteiger partial charge in [0.05, 0.1) is 6.54 Å². The quantitative estimate of drug-likeness (QED) is 0.904. The number of aromatic nitrogens is 3. The summed E-state index contributed by atoms with van der Waals surface area (Å²) in [6.07, 6.45) is 2.06. The fourth-order valence-corrected chi connectivity index (χ4v) is 2.66. The molecule has 1 aromatic heterocycles. The molecule has 1 amide bonds. The summed E-state index contributed by atoms with van der Waals surface area (Å²) in [7, 11) is 1.75. The SMILES string of the molecule is CN(Cc1nnc2n1CCC2)C(=O)[C@@H](N)c1ccccc1. The molecule has 0 fully saturated rings. The van der Waals surface area contributed by atoms with Gasteiger partial charge in [-0.05, 0) is 12.0 Å². The van der Waals surface area contributed by atoms with E-state index in [0.717, 1.165) is 36.6 Å². The number of likely N-dealkylation sites (N-methyl/N-ethyl adjacent to an activating group) is 1. The van der Waals surface area contributed by atoms with Crippen LogP contribution in [0.5, 0.6) is 0 Å². The molecule has 2 N–H and O–H groups in total. The van der Waals surface area contributed by atoms with Gasteiger partial charge < -0.3 is 15.2 Å². The molecule has 0 unspecified atom stereocenters. The minimum absolute atomic E-state index is 0.114. The van der Waals surface area contributed by atoms with Crippen molar-refractivity contribution in [2.45, 2.75) is 32.0 Å². The molecule has 0 bridgehead atoms. The summed E-state index contributed by atoms with van der Waals surface area (Å²) in [4.78, 5) is 14.0. The van der Waals surface area contributed by atoms with Crippen molar-refractivity contribution in [1.82, 2.24) is 19.7 Å². The van der Waals surface area contributed by atoms with Gasteiger partial charge in [0, 0.05) is 20.0 Å². The Kier molecular flexibility index (Phi) is 3.70. The standard InChI is InChI=1S/C15H19N5O/c1-19(10-13-18-17-12-8-5-9-20(12)13)15(21)14(16)11-6-3-2-4-7-11/h2-4,6-7,14H,5,8-10,16H2,1H3/t14-/m0/s1. The molecule has 1 atom stereocenters. The fourth-order valence-electron chi connectivity index (χ4n) is 2.66. The lowest BCUT2D eigenvalue weighted by atomic mass is 10.1. The van der Waals surface area contributed by atoms with E-state index >= 15 is 0 Å². The molecule has 2 heterocycles. The van der Waals surface area contributed by atoms with E-state index in [0.29, 0.717) is 6.54 Å². The molecule has 1 aromatic carbocycles. The van der Waals surface area contributed by atoms with Gasteiger partial charge in [-0.1, -0.05) is 30.3 Å². The molecular formula is C15H19N5O. The first-order chi connectivity index (χ1) is 10.2. The molecule has 6 nitrogen and oxygen atoms in total. The highest BCUT2D eigenvalue weighted by Gasteiger charge is 2.23. The number of rotatable bonds is 4. The highest BCUT2D eigenvalue weighted by Crippen LogP contribution is 2.17. The molecule has 6 heteroatoms. The Morgan fingerprint density at radius 2 is 2.14 bits per heavy atom. The third-order valence-electron chi connectivity index (χ3n) is 3.87. The van der Waals surface area contributed by atoms with Crippen LogP contribution in [0.1, 0.15) is 29.7 Å². The second-order valence-corrected chi connectivity index (χ2v) is 5.37. The van der Waals surface area contributed by atoms with Crippen LogP contribution >= 0.6 is 0 Å². The van der Waals surface area contributed by atoms with Gasteiger partial charge in [0.25, 0.3) is 0 Å². The van der Waals surface area contributed by atoms with Gasteiger partial charge in [0.1, 0.15) is 11.9 Å². The Balaban J connectivity index is 1.70. The first kappa shape index (κ1) is 13.8. The maximum atomic E-state index is 12.4. The molecule has 110 valence electrons. The van der Waals surface area contributed by atoms with Crippen LogP contribution in [0.25, 0.3) is 0 Å². The number of carbonyl (C=O) groups excluding carboxylic acids is 1. The van der Waals surface area contributed by atoms with Gasteiger partial charge in [-0.3, -0.25) is 4.79 Å². The number of benzene rings is 1. The Morgan fingerprint density at radius 1 is 1.38 bits per heavy atom. The number of carbonyl (C=O) groups is 1. The summed E-state index contributed by atoms with van der Waals surface area (Å²) in [5, 5.41) is 8.33. The van der Waals surface area contributed by atoms with Crippen molar-refractivity contribution in [2.75, 3.05) is 7.05 Å². The Hall–Kier alpha value is -2.21. The van der Waals surface area contributed by atoms with E-state index in [2.05, 4.69) is 14.8 Å². The summed E-state index contributed by atoms with van der Waals surface area (Å²) in [6.45, 7) is 1.37. The van der Waals surface area contributed by atoms with E-state index < -0.39 is 6.04 Å². The zero-order valence-corrected chi connectivity index (χ0v) is 12.1. The number of amides is 1. The van der Waals surface area contributed by atoms with Crippen molar-refractivity contribution >= 4 is 5.91 Å². The number of hydrogen-bond acceptors (Lipinski definition) is 4. The average molecular weight is 285 g/mol. The number of aryl methyl sites for hydroxylation is 1. The van der Waals surface area contributed by atoms with Gasteiger partial charge in [0.2, 0.25) is 5.91 Å². The van der Waals surface area contributed by atoms with E-state index in [1.165, 1.54) is 0 Å². The summed E-state index contributed by atoms with van der Waals surface area (Å²) in [5.41, 5.74) is 6.87. The average Bonchev–Trinajstić information content (AvgIpc) is 3.11. The number of nitrogens with two attached hydrogens (primary N) is 1. The highest BCUT2D eigenvalue weighted by atomic mass is 16.2. The van der Waals surface area contributed by atoms with E-state index in [4.69, 9.17) is 5.73 Å². The Morgan fingerprint density at radius 3 is 2.90 bits per heavy atom. The minimum Gasteiger partial charge on any atom is -0.337 e. The van der Waals surface area contributed by atoms with Crippen molar-refractivity contribution < 1.29 is 4.79 Å². The summed E-state index contributed by atoms with van der Waals surface area (Å²) in [6, 6.07) is 8.76. The molecule has 0 radical (unpaired) electrons. The van der Waals surface area contributed by atoms with E-state index in [1.54, 1.807) is 11.9 Å². The van der Waals surface area contributed by atoms with Crippen LogP contribution in [0.15, 0.2) is 30.3 Å². The first-order valence-electron chi connectivity index (χ1n) is 7.13. The van der Waals surface area contributed by atoms with Crippen LogP contribution in [-0.2, 0) is 24.3 Å². The maximum absolute atomic E-state index is 12.4. The molecular weight excluding hydrogens is 266 g/mol. The number of hydrogen-bond donors (Lipinski definition) is 1. The molecule has 1 aliphatic heterocycles. The predicted molar refractivity (Wildman–Crippen MR) is 78.2 cm³/mol. The number of nitrogens with zero attached hydrogens (tertiary/aromatic N) is 4. The number of fused-ring (bicyclic) bond motifs is 1. The maximum Gasteiger partial charge on any atom is 0.244 e. The third-order valence-corrected chi connectivity index (χ3v) is 3.87. The minimum atomic E-state index is -0.642. The Bertz CT molecular complexity index is 637. The highest BCUT2D eigenvalue weighted by molar-refractivity contribution is 5.82. The van der Waals surface area contributed by atoms with Crippen molar-refractivity contribution in [3.8, 4) is 0 Å². The van der Waals surface area contributed by atoms with Gasteiger partial charge in [0.15, 0.2) is 5.82 Å². The van der Waals surface area contributed by atoms with Gasteiger partial charge in [-0.2, -0.15) is 0 Å². The lowest BCUT2D eigenvalue weighted by molar-refractivity contribution is -0.132. The van der Waals surface area contributed by atoms with Crippen LogP contribution in [0.2, 0.25) is 0 Å². The van der Waals surface area contributed by atoms with Gasteiger partial charge in [-0.15, -0.1) is 10.2 Å². The lowest BCUT2D eigenvalue weighted by Gasteiger charge is -2.21.